The van der Waals surface area contributed by atoms with Crippen molar-refractivity contribution in [2.45, 2.75) is 18.9 Å². The van der Waals surface area contributed by atoms with Crippen LogP contribution in [0.5, 0.6) is 0 Å². The van der Waals surface area contributed by atoms with E-state index < -0.39 is 33.2 Å². The number of non-ortho nitro benzene ring substituents is 1. The fraction of sp³-hybridized carbons (Fsp3) is 0.364. The minimum absolute atomic E-state index is 0.0879. The van der Waals surface area contributed by atoms with E-state index in [0.29, 0.717) is 6.42 Å². The normalized spacial score (nSPS) is 11.7. The molecule has 10 nitrogen and oxygen atoms in total. The van der Waals surface area contributed by atoms with Crippen LogP contribution in [0.4, 0.5) is 17.1 Å². The maximum Gasteiger partial charge on any atom is 0.326 e. The smallest absolute Gasteiger partial charge is 0.326 e. The second kappa shape index (κ2) is 7.14. The summed E-state index contributed by atoms with van der Waals surface area (Å²) in [6, 6.07) is 1.91. The molecule has 0 spiro atoms. The number of nitrogens with two attached hydrogens (primary N) is 1. The molecule has 0 aromatic heterocycles. The average molecular weight is 298 g/mol. The van der Waals surface area contributed by atoms with Crippen molar-refractivity contribution in [2.24, 2.45) is 5.73 Å². The number of nitro groups is 2. The molecule has 114 valence electrons. The summed E-state index contributed by atoms with van der Waals surface area (Å²) >= 11 is 0. The van der Waals surface area contributed by atoms with Crippen molar-refractivity contribution in [2.75, 3.05) is 11.9 Å². The van der Waals surface area contributed by atoms with Crippen LogP contribution in [0.1, 0.15) is 12.8 Å². The number of carbonyl (C=O) groups is 1. The molecule has 0 saturated heterocycles. The fourth-order valence-electron chi connectivity index (χ4n) is 1.67. The summed E-state index contributed by atoms with van der Waals surface area (Å²) < 4.78 is 0. The molecule has 1 aromatic carbocycles. The van der Waals surface area contributed by atoms with Crippen molar-refractivity contribution < 1.29 is 19.7 Å². The highest BCUT2D eigenvalue weighted by Gasteiger charge is 2.24. The van der Waals surface area contributed by atoms with Gasteiger partial charge in [-0.3, -0.25) is 20.2 Å². The summed E-state index contributed by atoms with van der Waals surface area (Å²) in [7, 11) is 0. The molecule has 0 fully saturated rings. The van der Waals surface area contributed by atoms with Gasteiger partial charge in [-0.05, 0) is 25.5 Å². The third kappa shape index (κ3) is 4.38. The van der Waals surface area contributed by atoms with Gasteiger partial charge in [-0.2, -0.15) is 0 Å². The molecule has 1 rings (SSSR count). The number of hydrogen-bond acceptors (Lipinski definition) is 7. The van der Waals surface area contributed by atoms with Crippen LogP contribution in [0.3, 0.4) is 0 Å². The number of nitro benzene ring substituents is 2. The van der Waals surface area contributed by atoms with Gasteiger partial charge in [-0.25, -0.2) is 4.79 Å². The summed E-state index contributed by atoms with van der Waals surface area (Å²) in [6.07, 6.45) is 0.602. The molecule has 0 saturated carbocycles. The van der Waals surface area contributed by atoms with Crippen molar-refractivity contribution in [3.05, 3.63) is 38.4 Å². The number of benzene rings is 1. The number of nitrogens with zero attached hydrogens (tertiary/aromatic N) is 2. The van der Waals surface area contributed by atoms with Gasteiger partial charge >= 0.3 is 5.97 Å². The van der Waals surface area contributed by atoms with Crippen molar-refractivity contribution in [3.8, 4) is 0 Å². The van der Waals surface area contributed by atoms with Gasteiger partial charge in [0.25, 0.3) is 11.4 Å². The first-order valence-corrected chi connectivity index (χ1v) is 5.99. The Labute approximate surface area is 118 Å². The van der Waals surface area contributed by atoms with Gasteiger partial charge < -0.3 is 16.2 Å². The highest BCUT2D eigenvalue weighted by atomic mass is 16.6. The molecule has 1 atom stereocenters. The van der Waals surface area contributed by atoms with Crippen molar-refractivity contribution in [1.29, 1.82) is 0 Å². The quantitative estimate of drug-likeness (QED) is 0.474. The lowest BCUT2D eigenvalue weighted by molar-refractivity contribution is -0.393. The highest BCUT2D eigenvalue weighted by Crippen LogP contribution is 2.29. The Morgan fingerprint density at radius 1 is 1.33 bits per heavy atom. The number of carboxylic acid groups (broad SMARTS) is 1. The second-order valence-corrected chi connectivity index (χ2v) is 4.18. The second-order valence-electron chi connectivity index (χ2n) is 4.18. The van der Waals surface area contributed by atoms with Crippen LogP contribution in [0, 0.1) is 20.2 Å². The van der Waals surface area contributed by atoms with Crippen molar-refractivity contribution >= 4 is 23.0 Å². The molecule has 0 aliphatic carbocycles. The minimum Gasteiger partial charge on any atom is -0.480 e. The molecular weight excluding hydrogens is 284 g/mol. The summed E-state index contributed by atoms with van der Waals surface area (Å²) in [5, 5.41) is 33.1. The Kier molecular flexibility index (Phi) is 5.55. The largest absolute Gasteiger partial charge is 0.480 e. The molecule has 0 radical (unpaired) electrons. The first-order valence-electron chi connectivity index (χ1n) is 5.99. The summed E-state index contributed by atoms with van der Waals surface area (Å²) in [6.45, 7) is 0.286. The number of aliphatic carboxylic acids is 1. The molecule has 1 aromatic rings. The van der Waals surface area contributed by atoms with E-state index in [1.165, 1.54) is 0 Å². The third-order valence-corrected chi connectivity index (χ3v) is 2.71. The van der Waals surface area contributed by atoms with Gasteiger partial charge in [0.05, 0.1) is 15.9 Å². The van der Waals surface area contributed by atoms with Gasteiger partial charge in [-0.15, -0.1) is 0 Å². The average Bonchev–Trinajstić information content (AvgIpc) is 2.42. The van der Waals surface area contributed by atoms with Gasteiger partial charge in [-0.1, -0.05) is 0 Å². The van der Waals surface area contributed by atoms with E-state index in [0.717, 1.165) is 18.2 Å². The standard InChI is InChI=1S/C11H14N4O6/c12-5-1-2-9(11(16)17)13-8-4-3-7(14(18)19)6-10(8)15(20)21/h3-4,6,9,13H,1-2,5,12H2,(H,16,17)/t9-/m0/s1. The number of nitrogens with one attached hydrogen (secondary N) is 1. The first kappa shape index (κ1) is 16.3. The Balaban J connectivity index is 3.07. The fourth-order valence-corrected chi connectivity index (χ4v) is 1.67. The molecule has 0 aliphatic heterocycles. The van der Waals surface area contributed by atoms with Crippen LogP contribution < -0.4 is 11.1 Å². The number of anilines is 1. The van der Waals surface area contributed by atoms with Crippen molar-refractivity contribution in [3.63, 3.8) is 0 Å². The maximum absolute atomic E-state index is 11.1. The van der Waals surface area contributed by atoms with Gasteiger partial charge in [0.2, 0.25) is 0 Å². The summed E-state index contributed by atoms with van der Waals surface area (Å²) in [4.78, 5) is 31.1. The van der Waals surface area contributed by atoms with Crippen molar-refractivity contribution in [1.82, 2.24) is 0 Å². The lowest BCUT2D eigenvalue weighted by Crippen LogP contribution is -2.30. The highest BCUT2D eigenvalue weighted by molar-refractivity contribution is 5.79. The number of carboxylic acids is 1. The molecule has 21 heavy (non-hydrogen) atoms. The Hall–Kier alpha value is -2.75. The van der Waals surface area contributed by atoms with E-state index in [1.807, 2.05) is 0 Å². The monoisotopic (exact) mass is 298 g/mol. The minimum atomic E-state index is -1.18. The maximum atomic E-state index is 11.1. The summed E-state index contributed by atoms with van der Waals surface area (Å²) in [5.41, 5.74) is 4.21. The zero-order valence-electron chi connectivity index (χ0n) is 10.9. The molecule has 4 N–H and O–H groups in total. The lowest BCUT2D eigenvalue weighted by Gasteiger charge is -2.15. The Bertz CT molecular complexity index is 562. The molecule has 0 unspecified atom stereocenters. The number of rotatable bonds is 8. The van der Waals surface area contributed by atoms with Gasteiger partial charge in [0, 0.05) is 6.07 Å². The van der Waals surface area contributed by atoms with E-state index in [1.54, 1.807) is 0 Å². The predicted octanol–water partition coefficient (Wildman–Crippen LogP) is 1.11. The van der Waals surface area contributed by atoms with Gasteiger partial charge in [0.1, 0.15) is 11.7 Å². The topological polar surface area (TPSA) is 162 Å². The molecule has 0 bridgehead atoms. The van der Waals surface area contributed by atoms with Crippen LogP contribution >= 0.6 is 0 Å². The predicted molar refractivity (Wildman–Crippen MR) is 73.1 cm³/mol. The summed E-state index contributed by atoms with van der Waals surface area (Å²) in [5.74, 6) is -1.18. The van der Waals surface area contributed by atoms with Crippen LogP contribution in [-0.2, 0) is 4.79 Å². The van der Waals surface area contributed by atoms with E-state index in [4.69, 9.17) is 10.8 Å². The third-order valence-electron chi connectivity index (χ3n) is 2.71. The number of hydrogen-bond donors (Lipinski definition) is 3. The van der Waals surface area contributed by atoms with Crippen LogP contribution in [0.25, 0.3) is 0 Å². The van der Waals surface area contributed by atoms with E-state index >= 15 is 0 Å². The molecule has 0 amide bonds. The van der Waals surface area contributed by atoms with E-state index in [2.05, 4.69) is 5.32 Å². The first-order chi connectivity index (χ1) is 9.86. The zero-order valence-corrected chi connectivity index (χ0v) is 10.9. The lowest BCUT2D eigenvalue weighted by atomic mass is 10.1. The van der Waals surface area contributed by atoms with Crippen LogP contribution in [0.2, 0.25) is 0 Å². The molecule has 0 heterocycles. The molecule has 0 aliphatic rings. The van der Waals surface area contributed by atoms with Crippen LogP contribution in [0.15, 0.2) is 18.2 Å². The molecule has 10 heteroatoms. The van der Waals surface area contributed by atoms with E-state index in [-0.39, 0.29) is 18.7 Å². The Morgan fingerprint density at radius 3 is 2.48 bits per heavy atom. The molecular formula is C11H14N4O6. The Morgan fingerprint density at radius 2 is 2.00 bits per heavy atom. The van der Waals surface area contributed by atoms with Gasteiger partial charge in [0.15, 0.2) is 0 Å². The van der Waals surface area contributed by atoms with Crippen LogP contribution in [-0.4, -0.2) is 33.5 Å². The zero-order chi connectivity index (χ0) is 16.0. The van der Waals surface area contributed by atoms with E-state index in [9.17, 15) is 25.0 Å². The SMILES string of the molecule is NCCC[C@H](Nc1ccc([N+](=O)[O-])cc1[N+](=O)[O-])C(=O)O.